The Kier molecular flexibility index (Phi) is 6.54. The number of carbonyl (C=O) groups is 1. The molecule has 29 heavy (non-hydrogen) atoms. The van der Waals surface area contributed by atoms with Crippen LogP contribution in [0, 0.1) is 17.3 Å². The molecular weight excluding hydrogens is 364 g/mol. The van der Waals surface area contributed by atoms with Gasteiger partial charge >= 0.3 is 0 Å². The van der Waals surface area contributed by atoms with Crippen molar-refractivity contribution < 1.29 is 14.6 Å². The molecule has 3 heterocycles. The van der Waals surface area contributed by atoms with Gasteiger partial charge in [-0.15, -0.1) is 0 Å². The summed E-state index contributed by atoms with van der Waals surface area (Å²) in [6.45, 7) is 5.59. The molecule has 0 radical (unpaired) electrons. The molecule has 1 N–H and O–H groups in total. The van der Waals surface area contributed by atoms with Crippen LogP contribution >= 0.6 is 0 Å². The Hall–Kier alpha value is -1.87. The van der Waals surface area contributed by atoms with Gasteiger partial charge in [0.25, 0.3) is 0 Å². The van der Waals surface area contributed by atoms with Crippen molar-refractivity contribution in [3.05, 3.63) is 35.4 Å². The van der Waals surface area contributed by atoms with Gasteiger partial charge in [-0.05, 0) is 68.3 Å². The second-order valence-corrected chi connectivity index (χ2v) is 8.84. The van der Waals surface area contributed by atoms with E-state index in [0.717, 1.165) is 64.2 Å². The maximum atomic E-state index is 12.4. The monoisotopic (exact) mass is 396 g/mol. The highest BCUT2D eigenvalue weighted by atomic mass is 16.5. The molecule has 3 saturated heterocycles. The lowest BCUT2D eigenvalue weighted by molar-refractivity contribution is -0.141. The van der Waals surface area contributed by atoms with E-state index in [-0.39, 0.29) is 12.7 Å². The van der Waals surface area contributed by atoms with Crippen molar-refractivity contribution in [2.75, 3.05) is 39.4 Å². The summed E-state index contributed by atoms with van der Waals surface area (Å²) in [4.78, 5) is 17.1. The minimum absolute atomic E-state index is 0.103. The zero-order valence-corrected chi connectivity index (χ0v) is 17.2. The van der Waals surface area contributed by atoms with Crippen LogP contribution in [-0.2, 0) is 16.1 Å². The number of hydrogen-bond donors (Lipinski definition) is 1. The van der Waals surface area contributed by atoms with Crippen molar-refractivity contribution in [1.29, 1.82) is 0 Å². The molecule has 1 spiro atoms. The van der Waals surface area contributed by atoms with E-state index in [1.807, 2.05) is 12.1 Å². The molecule has 1 aromatic rings. The Morgan fingerprint density at radius 3 is 2.66 bits per heavy atom. The lowest BCUT2D eigenvalue weighted by Crippen LogP contribution is -2.52. The lowest BCUT2D eigenvalue weighted by Gasteiger charge is -2.48. The molecule has 0 aliphatic carbocycles. The van der Waals surface area contributed by atoms with Crippen LogP contribution in [0.5, 0.6) is 0 Å². The predicted octanol–water partition coefficient (Wildman–Crippen LogP) is 2.41. The molecule has 0 unspecified atom stereocenters. The summed E-state index contributed by atoms with van der Waals surface area (Å²) in [6.07, 6.45) is 6.55. The van der Waals surface area contributed by atoms with E-state index in [4.69, 9.17) is 9.84 Å². The Labute approximate surface area is 174 Å². The second kappa shape index (κ2) is 9.30. The van der Waals surface area contributed by atoms with Crippen molar-refractivity contribution in [3.8, 4) is 11.8 Å². The Morgan fingerprint density at radius 2 is 1.97 bits per heavy atom. The number of likely N-dealkylation sites (tertiary alicyclic amines) is 2. The summed E-state index contributed by atoms with van der Waals surface area (Å²) < 4.78 is 5.77. The number of hydrogen-bond acceptors (Lipinski definition) is 4. The van der Waals surface area contributed by atoms with E-state index in [9.17, 15) is 4.79 Å². The molecule has 0 saturated carbocycles. The Bertz CT molecular complexity index is 751. The molecule has 4 rings (SSSR count). The van der Waals surface area contributed by atoms with E-state index in [1.54, 1.807) is 0 Å². The number of benzene rings is 1. The predicted molar refractivity (Wildman–Crippen MR) is 112 cm³/mol. The topological polar surface area (TPSA) is 53.0 Å². The molecule has 0 aromatic heterocycles. The van der Waals surface area contributed by atoms with Crippen LogP contribution in [0.25, 0.3) is 0 Å². The van der Waals surface area contributed by atoms with Gasteiger partial charge in [-0.25, -0.2) is 0 Å². The first-order valence-corrected chi connectivity index (χ1v) is 11.0. The highest BCUT2D eigenvalue weighted by molar-refractivity contribution is 5.77. The number of aliphatic hydroxyl groups is 1. The van der Waals surface area contributed by atoms with Crippen LogP contribution in [0.15, 0.2) is 24.3 Å². The van der Waals surface area contributed by atoms with E-state index in [2.05, 4.69) is 33.8 Å². The number of aliphatic hydroxyl groups excluding tert-OH is 1. The molecule has 3 aliphatic rings. The van der Waals surface area contributed by atoms with E-state index >= 15 is 0 Å². The minimum Gasteiger partial charge on any atom is -0.384 e. The Morgan fingerprint density at radius 1 is 1.17 bits per heavy atom. The summed E-state index contributed by atoms with van der Waals surface area (Å²) in [5.41, 5.74) is 2.54. The van der Waals surface area contributed by atoms with Gasteiger partial charge in [-0.2, -0.15) is 0 Å². The van der Waals surface area contributed by atoms with Crippen molar-refractivity contribution in [2.45, 2.75) is 51.2 Å². The molecule has 1 aromatic carbocycles. The van der Waals surface area contributed by atoms with Crippen LogP contribution in [-0.4, -0.2) is 66.3 Å². The van der Waals surface area contributed by atoms with Gasteiger partial charge in [0.05, 0.1) is 6.10 Å². The molecule has 3 fully saturated rings. The summed E-state index contributed by atoms with van der Waals surface area (Å²) in [6, 6.07) is 8.32. The van der Waals surface area contributed by atoms with Crippen LogP contribution in [0.1, 0.15) is 49.7 Å². The normalized spacial score (nSPS) is 24.5. The van der Waals surface area contributed by atoms with Gasteiger partial charge in [0.15, 0.2) is 0 Å². The first kappa shape index (κ1) is 20.4. The average molecular weight is 397 g/mol. The fourth-order valence-electron chi connectivity index (χ4n) is 4.99. The number of nitrogens with zero attached hydrogens (tertiary/aromatic N) is 2. The van der Waals surface area contributed by atoms with Crippen LogP contribution < -0.4 is 0 Å². The third-order valence-electron chi connectivity index (χ3n) is 6.78. The molecule has 1 amide bonds. The highest BCUT2D eigenvalue weighted by Crippen LogP contribution is 2.40. The SMILES string of the molecule is O=C1CCC2(CCN(Cc3ccc(C#CCO)cc3)CC2)CN1C[C@H]1CCCO1. The maximum Gasteiger partial charge on any atom is 0.222 e. The van der Waals surface area contributed by atoms with Crippen LogP contribution in [0.3, 0.4) is 0 Å². The molecular formula is C24H32N2O3. The van der Waals surface area contributed by atoms with E-state index in [0.29, 0.717) is 17.7 Å². The zero-order chi connectivity index (χ0) is 20.1. The van der Waals surface area contributed by atoms with Crippen molar-refractivity contribution in [2.24, 2.45) is 5.41 Å². The first-order valence-electron chi connectivity index (χ1n) is 11.0. The number of carbonyl (C=O) groups excluding carboxylic acids is 1. The molecule has 0 bridgehead atoms. The number of ether oxygens (including phenoxy) is 1. The van der Waals surface area contributed by atoms with Gasteiger partial charge in [0.2, 0.25) is 5.91 Å². The standard InChI is InChI=1S/C24H32N2O3/c27-15-1-3-20-5-7-21(8-6-20)17-25-13-11-24(12-14-25)10-9-23(28)26(19-24)18-22-4-2-16-29-22/h5-8,22,27H,2,4,9-19H2/t22-/m1/s1. The quantitative estimate of drug-likeness (QED) is 0.795. The van der Waals surface area contributed by atoms with Gasteiger partial charge in [0.1, 0.15) is 6.61 Å². The fourth-order valence-corrected chi connectivity index (χ4v) is 4.99. The van der Waals surface area contributed by atoms with Crippen molar-refractivity contribution >= 4 is 5.91 Å². The smallest absolute Gasteiger partial charge is 0.222 e. The number of piperidine rings is 2. The van der Waals surface area contributed by atoms with Crippen molar-refractivity contribution in [3.63, 3.8) is 0 Å². The molecule has 1 atom stereocenters. The summed E-state index contributed by atoms with van der Waals surface area (Å²) >= 11 is 0. The Balaban J connectivity index is 1.29. The third kappa shape index (κ3) is 5.19. The summed E-state index contributed by atoms with van der Waals surface area (Å²) in [5, 5.41) is 8.80. The van der Waals surface area contributed by atoms with E-state index in [1.165, 1.54) is 18.4 Å². The highest BCUT2D eigenvalue weighted by Gasteiger charge is 2.41. The van der Waals surface area contributed by atoms with Crippen LogP contribution in [0.4, 0.5) is 0 Å². The number of amides is 1. The van der Waals surface area contributed by atoms with Gasteiger partial charge in [-0.1, -0.05) is 24.0 Å². The second-order valence-electron chi connectivity index (χ2n) is 8.84. The maximum absolute atomic E-state index is 12.4. The molecule has 5 nitrogen and oxygen atoms in total. The lowest BCUT2D eigenvalue weighted by atomic mass is 9.72. The van der Waals surface area contributed by atoms with Crippen LogP contribution in [0.2, 0.25) is 0 Å². The summed E-state index contributed by atoms with van der Waals surface area (Å²) in [5.74, 6) is 5.95. The van der Waals surface area contributed by atoms with Gasteiger partial charge in [-0.3, -0.25) is 9.69 Å². The van der Waals surface area contributed by atoms with Gasteiger partial charge < -0.3 is 14.7 Å². The largest absolute Gasteiger partial charge is 0.384 e. The van der Waals surface area contributed by atoms with E-state index < -0.39 is 0 Å². The number of rotatable bonds is 4. The first-order chi connectivity index (χ1) is 14.2. The van der Waals surface area contributed by atoms with Crippen molar-refractivity contribution in [1.82, 2.24) is 9.80 Å². The third-order valence-corrected chi connectivity index (χ3v) is 6.78. The summed E-state index contributed by atoms with van der Waals surface area (Å²) in [7, 11) is 0. The molecule has 156 valence electrons. The molecule has 3 aliphatic heterocycles. The average Bonchev–Trinajstić information content (AvgIpc) is 3.25. The fraction of sp³-hybridized carbons (Fsp3) is 0.625. The minimum atomic E-state index is -0.103. The van der Waals surface area contributed by atoms with Gasteiger partial charge in [0, 0.05) is 38.2 Å². The molecule has 5 heteroatoms. The zero-order valence-electron chi connectivity index (χ0n) is 17.2.